The second-order valence-electron chi connectivity index (χ2n) is 7.18. The van der Waals surface area contributed by atoms with E-state index in [1.54, 1.807) is 11.3 Å². The van der Waals surface area contributed by atoms with Crippen molar-refractivity contribution < 1.29 is 14.3 Å². The summed E-state index contributed by atoms with van der Waals surface area (Å²) in [5.41, 5.74) is 1.01. The van der Waals surface area contributed by atoms with Crippen molar-refractivity contribution in [2.45, 2.75) is 58.4 Å². The predicted molar refractivity (Wildman–Crippen MR) is 115 cm³/mol. The molecule has 1 atom stereocenters. The van der Waals surface area contributed by atoms with E-state index in [9.17, 15) is 4.79 Å². The van der Waals surface area contributed by atoms with Gasteiger partial charge in [0.1, 0.15) is 12.4 Å². The van der Waals surface area contributed by atoms with Crippen molar-refractivity contribution in [1.82, 2.24) is 0 Å². The quantitative estimate of drug-likeness (QED) is 0.353. The fourth-order valence-electron chi connectivity index (χ4n) is 3.12. The standard InChI is InChI=1S/C23H29NO3S/c1-3-19-16-27-23(24-19)18-10-12-20(13-11-18)26-15-7-5-4-6-8-21(25)22-14-9-17(2)28-22/h9-14,19H,3-8,15-16H2,1-2H3/t19-/m1/s1. The van der Waals surface area contributed by atoms with Crippen molar-refractivity contribution in [3.8, 4) is 5.75 Å². The van der Waals surface area contributed by atoms with E-state index < -0.39 is 0 Å². The molecule has 0 unspecified atom stereocenters. The largest absolute Gasteiger partial charge is 0.494 e. The van der Waals surface area contributed by atoms with Crippen LogP contribution < -0.4 is 4.74 Å². The second-order valence-corrected chi connectivity index (χ2v) is 8.47. The minimum atomic E-state index is 0.274. The third kappa shape index (κ3) is 5.93. The van der Waals surface area contributed by atoms with Crippen LogP contribution >= 0.6 is 11.3 Å². The summed E-state index contributed by atoms with van der Waals surface area (Å²) in [6.45, 7) is 5.54. The number of benzene rings is 1. The van der Waals surface area contributed by atoms with Crippen LogP contribution in [0.4, 0.5) is 0 Å². The van der Waals surface area contributed by atoms with Gasteiger partial charge in [-0.15, -0.1) is 11.3 Å². The third-order valence-electron chi connectivity index (χ3n) is 4.87. The van der Waals surface area contributed by atoms with E-state index >= 15 is 0 Å². The van der Waals surface area contributed by atoms with Crippen LogP contribution in [0, 0.1) is 6.92 Å². The molecule has 1 aliphatic rings. The average Bonchev–Trinajstić information content (AvgIpc) is 3.36. The molecule has 0 radical (unpaired) electrons. The van der Waals surface area contributed by atoms with Crippen molar-refractivity contribution in [2.24, 2.45) is 4.99 Å². The Labute approximate surface area is 171 Å². The zero-order chi connectivity index (χ0) is 19.8. The van der Waals surface area contributed by atoms with Gasteiger partial charge in [0.2, 0.25) is 5.90 Å². The van der Waals surface area contributed by atoms with Crippen LogP contribution in [0.1, 0.15) is 65.6 Å². The maximum absolute atomic E-state index is 12.1. The summed E-state index contributed by atoms with van der Waals surface area (Å²) in [5.74, 6) is 1.89. The number of rotatable bonds is 11. The van der Waals surface area contributed by atoms with Crippen molar-refractivity contribution in [3.05, 3.63) is 51.7 Å². The van der Waals surface area contributed by atoms with Crippen LogP contribution in [0.25, 0.3) is 0 Å². The first kappa shape index (κ1) is 20.6. The molecule has 1 aromatic carbocycles. The summed E-state index contributed by atoms with van der Waals surface area (Å²) in [5, 5.41) is 0. The zero-order valence-electron chi connectivity index (χ0n) is 16.8. The van der Waals surface area contributed by atoms with E-state index in [1.807, 2.05) is 43.3 Å². The molecule has 1 aliphatic heterocycles. The lowest BCUT2D eigenvalue weighted by Gasteiger charge is -2.07. The number of unbranched alkanes of at least 4 members (excludes halogenated alkanes) is 3. The molecule has 0 saturated heterocycles. The summed E-state index contributed by atoms with van der Waals surface area (Å²) in [7, 11) is 0. The molecule has 3 rings (SSSR count). The van der Waals surface area contributed by atoms with Gasteiger partial charge in [-0.2, -0.15) is 0 Å². The minimum absolute atomic E-state index is 0.274. The molecule has 0 aliphatic carbocycles. The molecular weight excluding hydrogens is 370 g/mol. The number of thiophene rings is 1. The first-order chi connectivity index (χ1) is 13.7. The highest BCUT2D eigenvalue weighted by atomic mass is 32.1. The summed E-state index contributed by atoms with van der Waals surface area (Å²) < 4.78 is 11.5. The Morgan fingerprint density at radius 1 is 1.14 bits per heavy atom. The predicted octanol–water partition coefficient (Wildman–Crippen LogP) is 5.82. The Morgan fingerprint density at radius 3 is 2.61 bits per heavy atom. The van der Waals surface area contributed by atoms with Crippen molar-refractivity contribution in [3.63, 3.8) is 0 Å². The van der Waals surface area contributed by atoms with Crippen LogP contribution in [0.3, 0.4) is 0 Å². The molecule has 150 valence electrons. The first-order valence-corrected chi connectivity index (χ1v) is 11.0. The molecule has 0 spiro atoms. The number of ether oxygens (including phenoxy) is 2. The maximum Gasteiger partial charge on any atom is 0.216 e. The van der Waals surface area contributed by atoms with Crippen LogP contribution in [0.5, 0.6) is 5.75 Å². The number of carbonyl (C=O) groups excluding carboxylic acids is 1. The zero-order valence-corrected chi connectivity index (χ0v) is 17.6. The number of hydrogen-bond acceptors (Lipinski definition) is 5. The van der Waals surface area contributed by atoms with Crippen molar-refractivity contribution >= 4 is 23.0 Å². The molecule has 2 aromatic rings. The normalized spacial score (nSPS) is 15.9. The monoisotopic (exact) mass is 399 g/mol. The Kier molecular flexibility index (Phi) is 7.66. The molecule has 5 heteroatoms. The molecule has 2 heterocycles. The molecular formula is C23H29NO3S. The number of nitrogens with zero attached hydrogens (tertiary/aromatic N) is 1. The van der Waals surface area contributed by atoms with Crippen LogP contribution in [0.2, 0.25) is 0 Å². The molecule has 1 aromatic heterocycles. The van der Waals surface area contributed by atoms with E-state index in [1.165, 1.54) is 4.88 Å². The molecule has 0 N–H and O–H groups in total. The van der Waals surface area contributed by atoms with Gasteiger partial charge in [-0.05, 0) is 62.6 Å². The van der Waals surface area contributed by atoms with Crippen molar-refractivity contribution in [1.29, 1.82) is 0 Å². The van der Waals surface area contributed by atoms with Crippen molar-refractivity contribution in [2.75, 3.05) is 13.2 Å². The van der Waals surface area contributed by atoms with Crippen LogP contribution in [-0.2, 0) is 4.74 Å². The van der Waals surface area contributed by atoms with E-state index in [4.69, 9.17) is 9.47 Å². The fraction of sp³-hybridized carbons (Fsp3) is 0.478. The Bertz CT molecular complexity index is 794. The second kappa shape index (κ2) is 10.4. The molecule has 0 fully saturated rings. The van der Waals surface area contributed by atoms with Gasteiger partial charge >= 0.3 is 0 Å². The lowest BCUT2D eigenvalue weighted by Crippen LogP contribution is -2.04. The summed E-state index contributed by atoms with van der Waals surface area (Å²) in [6.07, 6.45) is 5.75. The van der Waals surface area contributed by atoms with Gasteiger partial charge in [-0.3, -0.25) is 4.79 Å². The van der Waals surface area contributed by atoms with E-state index in [-0.39, 0.29) is 11.8 Å². The van der Waals surface area contributed by atoms with Gasteiger partial charge in [-0.1, -0.05) is 19.8 Å². The molecule has 0 bridgehead atoms. The fourth-order valence-corrected chi connectivity index (χ4v) is 3.95. The molecule has 0 saturated carbocycles. The molecule has 4 nitrogen and oxygen atoms in total. The minimum Gasteiger partial charge on any atom is -0.494 e. The summed E-state index contributed by atoms with van der Waals surface area (Å²) >= 11 is 1.59. The number of ketones is 1. The number of aliphatic imine (C=N–C) groups is 1. The highest BCUT2D eigenvalue weighted by Gasteiger charge is 2.18. The van der Waals surface area contributed by atoms with Gasteiger partial charge in [0.25, 0.3) is 0 Å². The number of hydrogen-bond donors (Lipinski definition) is 0. The Balaban J connectivity index is 1.29. The number of Topliss-reactive ketones (excluding diaryl/α,β-unsaturated/α-hetero) is 1. The molecule has 0 amide bonds. The van der Waals surface area contributed by atoms with Gasteiger partial charge in [-0.25, -0.2) is 4.99 Å². The lowest BCUT2D eigenvalue weighted by atomic mass is 10.1. The van der Waals surface area contributed by atoms with E-state index in [0.29, 0.717) is 19.6 Å². The first-order valence-electron chi connectivity index (χ1n) is 10.2. The van der Waals surface area contributed by atoms with Gasteiger partial charge in [0.15, 0.2) is 5.78 Å². The third-order valence-corrected chi connectivity index (χ3v) is 5.91. The topological polar surface area (TPSA) is 47.9 Å². The lowest BCUT2D eigenvalue weighted by molar-refractivity contribution is 0.0983. The maximum atomic E-state index is 12.1. The number of carbonyl (C=O) groups is 1. The SMILES string of the molecule is CC[C@@H]1COC(c2ccc(OCCCCCCC(=O)c3ccc(C)s3)cc2)=N1. The Hall–Kier alpha value is -2.14. The van der Waals surface area contributed by atoms with Crippen LogP contribution in [0.15, 0.2) is 41.4 Å². The smallest absolute Gasteiger partial charge is 0.216 e. The average molecular weight is 400 g/mol. The highest BCUT2D eigenvalue weighted by molar-refractivity contribution is 7.14. The summed E-state index contributed by atoms with van der Waals surface area (Å²) in [4.78, 5) is 18.7. The van der Waals surface area contributed by atoms with Gasteiger partial charge < -0.3 is 9.47 Å². The van der Waals surface area contributed by atoms with Gasteiger partial charge in [0, 0.05) is 16.9 Å². The van der Waals surface area contributed by atoms with Crippen LogP contribution in [-0.4, -0.2) is 30.9 Å². The number of aryl methyl sites for hydroxylation is 1. The molecule has 28 heavy (non-hydrogen) atoms. The Morgan fingerprint density at radius 2 is 1.93 bits per heavy atom. The van der Waals surface area contributed by atoms with E-state index in [2.05, 4.69) is 11.9 Å². The van der Waals surface area contributed by atoms with Gasteiger partial charge in [0.05, 0.1) is 17.5 Å². The highest BCUT2D eigenvalue weighted by Crippen LogP contribution is 2.19. The van der Waals surface area contributed by atoms with E-state index in [0.717, 1.165) is 54.2 Å². The summed E-state index contributed by atoms with van der Waals surface area (Å²) in [6, 6.07) is 12.2.